The lowest BCUT2D eigenvalue weighted by Gasteiger charge is -1.98. The van der Waals surface area contributed by atoms with E-state index in [0.717, 1.165) is 25.7 Å². The second-order valence-electron chi connectivity index (χ2n) is 5.53. The van der Waals surface area contributed by atoms with E-state index in [1.165, 1.54) is 0 Å². The second kappa shape index (κ2) is 18.2. The molecule has 138 valence electrons. The van der Waals surface area contributed by atoms with Gasteiger partial charge in [0.1, 0.15) is 0 Å². The number of allylic oxidation sites excluding steroid dienone is 10. The first-order chi connectivity index (χ1) is 12.2. The smallest absolute Gasteiger partial charge is 0.0758 e. The number of carbonyl (C=O) groups excluding carboxylic acids is 1. The minimum Gasteiger partial charge on any atom is -0.550 e. The Balaban J connectivity index is 3.71. The number of carbonyl (C=O) groups is 1. The zero-order valence-corrected chi connectivity index (χ0v) is 15.2. The van der Waals surface area contributed by atoms with Gasteiger partial charge in [-0.15, -0.1) is 0 Å². The van der Waals surface area contributed by atoms with Crippen molar-refractivity contribution in [1.82, 2.24) is 0 Å². The molecule has 0 saturated carbocycles. The molecule has 0 fully saturated rings. The van der Waals surface area contributed by atoms with Crippen LogP contribution in [0.25, 0.3) is 0 Å². The largest absolute Gasteiger partial charge is 0.550 e. The normalized spacial score (nSPS) is 14.3. The predicted octanol–water partition coefficient (Wildman–Crippen LogP) is 4.19. The van der Waals surface area contributed by atoms with Crippen molar-refractivity contribution < 1.29 is 15.0 Å². The molecule has 0 rings (SSSR count). The minimum absolute atomic E-state index is 0.0762. The van der Waals surface area contributed by atoms with Crippen LogP contribution in [0.2, 0.25) is 0 Å². The van der Waals surface area contributed by atoms with Crippen LogP contribution in [0.5, 0.6) is 0 Å². The zero-order chi connectivity index (χ0) is 18.6. The molecule has 0 spiro atoms. The predicted molar refractivity (Wildman–Crippen MR) is 104 cm³/mol. The Kier molecular flexibility index (Phi) is 16.7. The molecule has 0 aromatic carbocycles. The molecule has 1 N–H and O–H groups in total. The first-order valence-corrected chi connectivity index (χ1v) is 8.98. The summed E-state index contributed by atoms with van der Waals surface area (Å²) in [5, 5.41) is 20.0. The van der Waals surface area contributed by atoms with E-state index in [-0.39, 0.29) is 6.42 Å². The number of aliphatic hydroxyl groups excluding tert-OH is 1. The molecule has 0 aliphatic carbocycles. The van der Waals surface area contributed by atoms with Crippen LogP contribution in [-0.4, -0.2) is 17.2 Å². The van der Waals surface area contributed by atoms with Crippen molar-refractivity contribution >= 4 is 5.97 Å². The quantitative estimate of drug-likeness (QED) is 0.380. The summed E-state index contributed by atoms with van der Waals surface area (Å²) < 4.78 is 0. The van der Waals surface area contributed by atoms with Crippen LogP contribution < -0.4 is 5.11 Å². The molecule has 25 heavy (non-hydrogen) atoms. The van der Waals surface area contributed by atoms with Gasteiger partial charge in [-0.2, -0.15) is 0 Å². The zero-order valence-electron chi connectivity index (χ0n) is 15.2. The van der Waals surface area contributed by atoms with Gasteiger partial charge in [0.2, 0.25) is 0 Å². The van der Waals surface area contributed by atoms with E-state index in [4.69, 9.17) is 0 Å². The Labute approximate surface area is 152 Å². The van der Waals surface area contributed by atoms with Gasteiger partial charge in [0, 0.05) is 5.97 Å². The number of rotatable bonds is 14. The fraction of sp³-hybridized carbons (Fsp3) is 0.409. The van der Waals surface area contributed by atoms with E-state index < -0.39 is 12.1 Å². The molecule has 0 aliphatic heterocycles. The van der Waals surface area contributed by atoms with Crippen LogP contribution >= 0.6 is 0 Å². The van der Waals surface area contributed by atoms with E-state index in [1.54, 1.807) is 6.08 Å². The molecule has 0 amide bonds. The van der Waals surface area contributed by atoms with Crippen LogP contribution in [0.15, 0.2) is 72.9 Å². The van der Waals surface area contributed by atoms with Crippen molar-refractivity contribution in [3.8, 4) is 0 Å². The number of aliphatic hydroxyl groups is 1. The molecule has 0 unspecified atom stereocenters. The van der Waals surface area contributed by atoms with Gasteiger partial charge in [-0.1, -0.05) is 79.8 Å². The molecule has 0 saturated heterocycles. The molecule has 0 radical (unpaired) electrons. The highest BCUT2D eigenvalue weighted by Gasteiger charge is 1.92. The summed E-state index contributed by atoms with van der Waals surface area (Å²) in [5.41, 5.74) is 0. The molecule has 0 aromatic rings. The molecular weight excluding hydrogens is 312 g/mol. The fourth-order valence-corrected chi connectivity index (χ4v) is 1.87. The van der Waals surface area contributed by atoms with Gasteiger partial charge in [0.05, 0.1) is 6.10 Å². The van der Waals surface area contributed by atoms with Crippen molar-refractivity contribution in [2.24, 2.45) is 0 Å². The maximum Gasteiger partial charge on any atom is 0.0758 e. The highest BCUT2D eigenvalue weighted by molar-refractivity contribution is 5.64. The highest BCUT2D eigenvalue weighted by atomic mass is 16.4. The van der Waals surface area contributed by atoms with Gasteiger partial charge in [0.25, 0.3) is 0 Å². The lowest BCUT2D eigenvalue weighted by atomic mass is 10.2. The number of carboxylic acid groups (broad SMARTS) is 1. The van der Waals surface area contributed by atoms with Gasteiger partial charge < -0.3 is 15.0 Å². The van der Waals surface area contributed by atoms with E-state index in [0.29, 0.717) is 12.8 Å². The van der Waals surface area contributed by atoms with E-state index in [2.05, 4.69) is 31.2 Å². The van der Waals surface area contributed by atoms with Crippen LogP contribution in [0.1, 0.15) is 51.9 Å². The average Bonchev–Trinajstić information content (AvgIpc) is 2.58. The number of aliphatic carboxylic acids is 1. The number of hydrogen-bond donors (Lipinski definition) is 1. The average molecular weight is 343 g/mol. The maximum absolute atomic E-state index is 10.2. The maximum atomic E-state index is 10.2. The third-order valence-corrected chi connectivity index (χ3v) is 3.19. The van der Waals surface area contributed by atoms with Gasteiger partial charge in [-0.3, -0.25) is 0 Å². The van der Waals surface area contributed by atoms with Crippen molar-refractivity contribution in [3.05, 3.63) is 72.9 Å². The van der Waals surface area contributed by atoms with Gasteiger partial charge in [0.15, 0.2) is 0 Å². The Hall–Kier alpha value is -2.13. The number of carboxylic acids is 1. The monoisotopic (exact) mass is 343 g/mol. The SMILES string of the molecule is CC/C=C\C/C=C\C[C@H](O)/C=C/C=C\C/C=C\C/C=C\CCC(=O)[O-]. The lowest BCUT2D eigenvalue weighted by Crippen LogP contribution is -2.21. The summed E-state index contributed by atoms with van der Waals surface area (Å²) in [6.07, 6.45) is 28.2. The Morgan fingerprint density at radius 3 is 2.16 bits per heavy atom. The topological polar surface area (TPSA) is 60.4 Å². The standard InChI is InChI=1S/C22H32O3/c1-2-3-4-5-12-15-18-21(23)19-16-13-10-8-6-7-9-11-14-17-20-22(24)25/h3-4,6-7,10-16,19,21,23H,2,5,8-9,17-18,20H2,1H3,(H,24,25)/p-1/b4-3-,7-6-,13-10-,14-11-,15-12-,19-16+/t21-/m0/s1. The molecule has 0 bridgehead atoms. The summed E-state index contributed by atoms with van der Waals surface area (Å²) in [6, 6.07) is 0. The molecule has 0 aliphatic rings. The van der Waals surface area contributed by atoms with Crippen LogP contribution in [0.4, 0.5) is 0 Å². The second-order valence-corrected chi connectivity index (χ2v) is 5.53. The molecular formula is C22H31O3-. The molecule has 0 aromatic heterocycles. The third kappa shape index (κ3) is 19.8. The summed E-state index contributed by atoms with van der Waals surface area (Å²) >= 11 is 0. The summed E-state index contributed by atoms with van der Waals surface area (Å²) in [6.45, 7) is 2.11. The van der Waals surface area contributed by atoms with Gasteiger partial charge >= 0.3 is 0 Å². The van der Waals surface area contributed by atoms with Crippen LogP contribution in [0.3, 0.4) is 0 Å². The van der Waals surface area contributed by atoms with E-state index in [9.17, 15) is 15.0 Å². The number of hydrogen-bond acceptors (Lipinski definition) is 3. The van der Waals surface area contributed by atoms with Gasteiger partial charge in [-0.05, 0) is 44.9 Å². The van der Waals surface area contributed by atoms with E-state index in [1.807, 2.05) is 42.5 Å². The lowest BCUT2D eigenvalue weighted by molar-refractivity contribution is -0.305. The fourth-order valence-electron chi connectivity index (χ4n) is 1.87. The molecule has 3 heteroatoms. The summed E-state index contributed by atoms with van der Waals surface area (Å²) in [4.78, 5) is 10.2. The summed E-state index contributed by atoms with van der Waals surface area (Å²) in [5.74, 6) is -1.01. The van der Waals surface area contributed by atoms with Crippen molar-refractivity contribution in [2.45, 2.75) is 58.0 Å². The third-order valence-electron chi connectivity index (χ3n) is 3.19. The van der Waals surface area contributed by atoms with Crippen molar-refractivity contribution in [1.29, 1.82) is 0 Å². The molecule has 1 atom stereocenters. The first-order valence-electron chi connectivity index (χ1n) is 8.98. The van der Waals surface area contributed by atoms with Crippen molar-refractivity contribution in [3.63, 3.8) is 0 Å². The first kappa shape index (κ1) is 22.9. The summed E-state index contributed by atoms with van der Waals surface area (Å²) in [7, 11) is 0. The minimum atomic E-state index is -1.01. The van der Waals surface area contributed by atoms with E-state index >= 15 is 0 Å². The molecule has 0 heterocycles. The highest BCUT2D eigenvalue weighted by Crippen LogP contribution is 1.99. The van der Waals surface area contributed by atoms with Crippen LogP contribution in [0, 0.1) is 0 Å². The Morgan fingerprint density at radius 1 is 0.880 bits per heavy atom. The molecule has 3 nitrogen and oxygen atoms in total. The Bertz CT molecular complexity index is 493. The van der Waals surface area contributed by atoms with Gasteiger partial charge in [-0.25, -0.2) is 0 Å². The van der Waals surface area contributed by atoms with Crippen molar-refractivity contribution in [2.75, 3.05) is 0 Å². The van der Waals surface area contributed by atoms with Crippen LogP contribution in [-0.2, 0) is 4.79 Å². The Morgan fingerprint density at radius 2 is 1.48 bits per heavy atom.